The molecule has 24 heavy (non-hydrogen) atoms. The van der Waals surface area contributed by atoms with Gasteiger partial charge in [-0.2, -0.15) is 8.78 Å². The van der Waals surface area contributed by atoms with Gasteiger partial charge in [-0.15, -0.1) is 0 Å². The van der Waals surface area contributed by atoms with Gasteiger partial charge in [0.1, 0.15) is 0 Å². The molecular weight excluding hydrogens is 318 g/mol. The first-order valence-electron chi connectivity index (χ1n) is 7.65. The van der Waals surface area contributed by atoms with Crippen LogP contribution in [0, 0.1) is 0 Å². The topological polar surface area (TPSA) is 49.9 Å². The Morgan fingerprint density at radius 3 is 2.62 bits per heavy atom. The minimum atomic E-state index is -2.83. The third kappa shape index (κ3) is 4.38. The second-order valence-corrected chi connectivity index (χ2v) is 5.56. The van der Waals surface area contributed by atoms with Crippen molar-refractivity contribution in [1.29, 1.82) is 0 Å². The molecule has 0 radical (unpaired) electrons. The van der Waals surface area contributed by atoms with Crippen molar-refractivity contribution in [3.8, 4) is 0 Å². The standard InChI is InChI=1S/C17H20F2N2O3/c1-3-15(22)20(2)13-8-6-12(7-9-13)16(23)21-10-4-5-14(11-21)24-17(18)19/h3,6-9,14,17H,1,4-5,10-11H2,2H3. The molecule has 1 aromatic carbocycles. The third-order valence-corrected chi connectivity index (χ3v) is 3.97. The van der Waals surface area contributed by atoms with E-state index in [1.807, 2.05) is 0 Å². The van der Waals surface area contributed by atoms with Crippen LogP contribution in [0.4, 0.5) is 14.5 Å². The molecule has 1 heterocycles. The molecule has 0 bridgehead atoms. The number of piperidine rings is 1. The SMILES string of the molecule is C=CC(=O)N(C)c1ccc(C(=O)N2CCCC(OC(F)F)C2)cc1. The molecule has 5 nitrogen and oxygen atoms in total. The van der Waals surface area contributed by atoms with Crippen molar-refractivity contribution >= 4 is 17.5 Å². The second-order valence-electron chi connectivity index (χ2n) is 5.56. The quantitative estimate of drug-likeness (QED) is 0.776. The van der Waals surface area contributed by atoms with Crippen LogP contribution in [-0.2, 0) is 9.53 Å². The Balaban J connectivity index is 2.04. The van der Waals surface area contributed by atoms with Crippen LogP contribution in [-0.4, -0.2) is 49.6 Å². The van der Waals surface area contributed by atoms with Crippen molar-refractivity contribution < 1.29 is 23.1 Å². The molecule has 0 aliphatic carbocycles. The smallest absolute Gasteiger partial charge is 0.336 e. The fourth-order valence-corrected chi connectivity index (χ4v) is 2.65. The average molecular weight is 338 g/mol. The summed E-state index contributed by atoms with van der Waals surface area (Å²) in [5.41, 5.74) is 1.07. The Hall–Kier alpha value is -2.28. The number of rotatable bonds is 5. The Bertz CT molecular complexity index is 604. The van der Waals surface area contributed by atoms with E-state index >= 15 is 0 Å². The highest BCUT2D eigenvalue weighted by atomic mass is 19.3. The zero-order valence-corrected chi connectivity index (χ0v) is 13.5. The van der Waals surface area contributed by atoms with Crippen molar-refractivity contribution in [3.05, 3.63) is 42.5 Å². The van der Waals surface area contributed by atoms with Gasteiger partial charge in [-0.05, 0) is 43.2 Å². The average Bonchev–Trinajstić information content (AvgIpc) is 2.59. The molecule has 0 spiro atoms. The zero-order chi connectivity index (χ0) is 17.7. The molecule has 0 saturated carbocycles. The lowest BCUT2D eigenvalue weighted by molar-refractivity contribution is -0.172. The number of likely N-dealkylation sites (N-methyl/N-ethyl adjacent to an activating group) is 1. The van der Waals surface area contributed by atoms with Gasteiger partial charge >= 0.3 is 6.61 Å². The fraction of sp³-hybridized carbons (Fsp3) is 0.412. The van der Waals surface area contributed by atoms with E-state index in [1.165, 1.54) is 15.9 Å². The molecule has 1 unspecified atom stereocenters. The number of anilines is 1. The summed E-state index contributed by atoms with van der Waals surface area (Å²) < 4.78 is 29.2. The molecule has 2 rings (SSSR count). The maximum atomic E-state index is 12.5. The number of hydrogen-bond acceptors (Lipinski definition) is 3. The van der Waals surface area contributed by atoms with Gasteiger partial charge < -0.3 is 14.5 Å². The third-order valence-electron chi connectivity index (χ3n) is 3.97. The van der Waals surface area contributed by atoms with Crippen molar-refractivity contribution in [2.75, 3.05) is 25.0 Å². The highest BCUT2D eigenvalue weighted by Crippen LogP contribution is 2.20. The van der Waals surface area contributed by atoms with Crippen LogP contribution in [0.2, 0.25) is 0 Å². The summed E-state index contributed by atoms with van der Waals surface area (Å²) in [7, 11) is 1.61. The summed E-state index contributed by atoms with van der Waals surface area (Å²) in [6.07, 6.45) is 1.70. The number of nitrogens with zero attached hydrogens (tertiary/aromatic N) is 2. The molecule has 7 heteroatoms. The van der Waals surface area contributed by atoms with Crippen molar-refractivity contribution in [1.82, 2.24) is 4.90 Å². The molecule has 1 atom stereocenters. The number of alkyl halides is 2. The Labute approximate surface area is 139 Å². The Morgan fingerprint density at radius 2 is 2.04 bits per heavy atom. The number of halogens is 2. The summed E-state index contributed by atoms with van der Waals surface area (Å²) >= 11 is 0. The summed E-state index contributed by atoms with van der Waals surface area (Å²) in [5, 5.41) is 0. The predicted molar refractivity (Wildman–Crippen MR) is 86.1 cm³/mol. The van der Waals surface area contributed by atoms with Crippen LogP contribution in [0.25, 0.3) is 0 Å². The van der Waals surface area contributed by atoms with Gasteiger partial charge in [-0.1, -0.05) is 6.58 Å². The maximum absolute atomic E-state index is 12.5. The first kappa shape index (κ1) is 18.1. The number of benzene rings is 1. The molecule has 1 fully saturated rings. The highest BCUT2D eigenvalue weighted by molar-refractivity contribution is 6.01. The van der Waals surface area contributed by atoms with Crippen LogP contribution < -0.4 is 4.90 Å². The van der Waals surface area contributed by atoms with Crippen LogP contribution in [0.5, 0.6) is 0 Å². The van der Waals surface area contributed by atoms with Gasteiger partial charge in [-0.3, -0.25) is 9.59 Å². The number of hydrogen-bond donors (Lipinski definition) is 0. The first-order chi connectivity index (χ1) is 11.4. The second kappa shape index (κ2) is 8.01. The van der Waals surface area contributed by atoms with Gasteiger partial charge in [0, 0.05) is 31.4 Å². The maximum Gasteiger partial charge on any atom is 0.345 e. The van der Waals surface area contributed by atoms with E-state index in [0.29, 0.717) is 30.6 Å². The largest absolute Gasteiger partial charge is 0.345 e. The summed E-state index contributed by atoms with van der Waals surface area (Å²) in [6, 6.07) is 6.54. The van der Waals surface area contributed by atoms with Crippen LogP contribution in [0.15, 0.2) is 36.9 Å². The van der Waals surface area contributed by atoms with E-state index in [-0.39, 0.29) is 18.4 Å². The normalized spacial score (nSPS) is 17.7. The van der Waals surface area contributed by atoms with Crippen molar-refractivity contribution in [2.45, 2.75) is 25.6 Å². The number of carbonyl (C=O) groups excluding carboxylic acids is 2. The lowest BCUT2D eigenvalue weighted by Crippen LogP contribution is -2.43. The molecule has 1 aliphatic heterocycles. The van der Waals surface area contributed by atoms with Gasteiger partial charge in [-0.25, -0.2) is 0 Å². The number of ether oxygens (including phenoxy) is 1. The number of carbonyl (C=O) groups is 2. The van der Waals surface area contributed by atoms with Crippen molar-refractivity contribution in [2.24, 2.45) is 0 Å². The molecule has 2 amide bonds. The monoisotopic (exact) mass is 338 g/mol. The van der Waals surface area contributed by atoms with Crippen LogP contribution in [0.1, 0.15) is 23.2 Å². The molecule has 1 aromatic rings. The Morgan fingerprint density at radius 1 is 1.38 bits per heavy atom. The highest BCUT2D eigenvalue weighted by Gasteiger charge is 2.27. The van der Waals surface area contributed by atoms with E-state index in [4.69, 9.17) is 0 Å². The van der Waals surface area contributed by atoms with E-state index in [9.17, 15) is 18.4 Å². The van der Waals surface area contributed by atoms with Gasteiger partial charge in [0.15, 0.2) is 0 Å². The van der Waals surface area contributed by atoms with Gasteiger partial charge in [0.05, 0.1) is 6.10 Å². The van der Waals surface area contributed by atoms with E-state index < -0.39 is 12.7 Å². The Kier molecular flexibility index (Phi) is 6.03. The van der Waals surface area contributed by atoms with Crippen LogP contribution >= 0.6 is 0 Å². The number of likely N-dealkylation sites (tertiary alicyclic amines) is 1. The van der Waals surface area contributed by atoms with Crippen LogP contribution in [0.3, 0.4) is 0 Å². The number of amides is 2. The van der Waals surface area contributed by atoms with Gasteiger partial charge in [0.25, 0.3) is 5.91 Å². The van der Waals surface area contributed by atoms with Gasteiger partial charge in [0.2, 0.25) is 5.91 Å². The molecule has 1 saturated heterocycles. The van der Waals surface area contributed by atoms with E-state index in [0.717, 1.165) is 0 Å². The summed E-state index contributed by atoms with van der Waals surface area (Å²) in [6.45, 7) is 1.26. The minimum Gasteiger partial charge on any atom is -0.336 e. The molecule has 0 N–H and O–H groups in total. The lowest BCUT2D eigenvalue weighted by atomic mass is 10.1. The molecule has 130 valence electrons. The summed E-state index contributed by atoms with van der Waals surface area (Å²) in [4.78, 5) is 27.0. The predicted octanol–water partition coefficient (Wildman–Crippen LogP) is 2.68. The molecular formula is C17H20F2N2O3. The van der Waals surface area contributed by atoms with E-state index in [2.05, 4.69) is 11.3 Å². The first-order valence-corrected chi connectivity index (χ1v) is 7.65. The minimum absolute atomic E-state index is 0.153. The van der Waals surface area contributed by atoms with E-state index in [1.54, 1.807) is 31.3 Å². The molecule has 1 aliphatic rings. The summed E-state index contributed by atoms with van der Waals surface area (Å²) in [5.74, 6) is -0.487. The fourth-order valence-electron chi connectivity index (χ4n) is 2.65. The zero-order valence-electron chi connectivity index (χ0n) is 13.5. The lowest BCUT2D eigenvalue weighted by Gasteiger charge is -2.32. The molecule has 0 aromatic heterocycles. The van der Waals surface area contributed by atoms with Crippen molar-refractivity contribution in [3.63, 3.8) is 0 Å².